The normalized spacial score (nSPS) is 14.8. The van der Waals surface area contributed by atoms with E-state index in [1.54, 1.807) is 6.08 Å². The third-order valence-electron chi connectivity index (χ3n) is 8.92. The van der Waals surface area contributed by atoms with Crippen molar-refractivity contribution in [3.8, 4) is 0 Å². The average molecular weight is 716 g/mol. The van der Waals surface area contributed by atoms with Gasteiger partial charge in [0.05, 0.1) is 39.9 Å². The van der Waals surface area contributed by atoms with Gasteiger partial charge in [0.1, 0.15) is 13.2 Å². The summed E-state index contributed by atoms with van der Waals surface area (Å²) >= 11 is 0. The van der Waals surface area contributed by atoms with Gasteiger partial charge in [-0.15, -0.1) is 0 Å². The van der Waals surface area contributed by atoms with E-state index in [0.717, 1.165) is 38.5 Å². The number of amides is 1. The summed E-state index contributed by atoms with van der Waals surface area (Å²) in [5.74, 6) is -0.190. The number of hydrogen-bond acceptors (Lipinski definition) is 5. The van der Waals surface area contributed by atoms with Gasteiger partial charge in [-0.05, 0) is 32.1 Å². The van der Waals surface area contributed by atoms with Crippen LogP contribution >= 0.6 is 7.82 Å². The monoisotopic (exact) mass is 716 g/mol. The molecular formula is C40H80N2O6P+. The molecule has 0 aliphatic rings. The summed E-state index contributed by atoms with van der Waals surface area (Å²) in [7, 11) is 1.56. The molecule has 0 bridgehead atoms. The predicted molar refractivity (Wildman–Crippen MR) is 208 cm³/mol. The molecule has 0 aromatic heterocycles. The van der Waals surface area contributed by atoms with E-state index in [1.807, 2.05) is 27.2 Å². The number of rotatable bonds is 36. The van der Waals surface area contributed by atoms with Gasteiger partial charge in [-0.25, -0.2) is 4.57 Å². The summed E-state index contributed by atoms with van der Waals surface area (Å²) in [4.78, 5) is 23.0. The van der Waals surface area contributed by atoms with Crippen LogP contribution in [0.25, 0.3) is 0 Å². The van der Waals surface area contributed by atoms with Crippen LogP contribution in [0, 0.1) is 0 Å². The van der Waals surface area contributed by atoms with Crippen molar-refractivity contribution in [3.63, 3.8) is 0 Å². The minimum atomic E-state index is -4.33. The number of phosphoric ester groups is 1. The van der Waals surface area contributed by atoms with E-state index in [2.05, 4.69) is 31.3 Å². The highest BCUT2D eigenvalue weighted by molar-refractivity contribution is 7.47. The molecule has 0 heterocycles. The average Bonchev–Trinajstić information content (AvgIpc) is 3.04. The van der Waals surface area contributed by atoms with Crippen molar-refractivity contribution < 1.29 is 32.9 Å². The zero-order chi connectivity index (χ0) is 36.5. The van der Waals surface area contributed by atoms with Crippen LogP contribution in [0.2, 0.25) is 0 Å². The van der Waals surface area contributed by atoms with E-state index in [0.29, 0.717) is 17.4 Å². The quantitative estimate of drug-likeness (QED) is 0.0258. The number of likely N-dealkylation sites (N-methyl/N-ethyl adjacent to an activating group) is 1. The molecule has 290 valence electrons. The van der Waals surface area contributed by atoms with Gasteiger partial charge in [-0.1, -0.05) is 160 Å². The predicted octanol–water partition coefficient (Wildman–Crippen LogP) is 10.6. The first-order valence-corrected chi connectivity index (χ1v) is 21.7. The van der Waals surface area contributed by atoms with Crippen molar-refractivity contribution in [2.45, 2.75) is 187 Å². The van der Waals surface area contributed by atoms with Gasteiger partial charge in [0, 0.05) is 6.42 Å². The molecule has 0 aliphatic heterocycles. The molecule has 3 atom stereocenters. The maximum atomic E-state index is 12.8. The maximum absolute atomic E-state index is 12.8. The van der Waals surface area contributed by atoms with E-state index in [1.165, 1.54) is 116 Å². The molecule has 0 fully saturated rings. The lowest BCUT2D eigenvalue weighted by molar-refractivity contribution is -0.870. The standard InChI is InChI=1S/C40H79N2O6P/c1-6-8-10-12-14-16-18-19-20-21-22-23-24-25-27-29-31-33-39(43)38(37-48-49(45,46)47-36-35-42(3,4)5)41-40(44)34-32-30-28-26-17-15-13-11-9-7-2/h24-25,31,33,38-39,43H,6-23,26-30,32,34-37H2,1-5H3,(H-,41,44,45,46)/p+1/b25-24+,33-31+/t38-,39+/m1/s1. The number of nitrogens with one attached hydrogen (secondary N) is 1. The van der Waals surface area contributed by atoms with E-state index in [9.17, 15) is 19.4 Å². The Kier molecular flexibility index (Phi) is 32.2. The highest BCUT2D eigenvalue weighted by Gasteiger charge is 2.27. The Balaban J connectivity index is 4.52. The van der Waals surface area contributed by atoms with Crippen molar-refractivity contribution in [1.82, 2.24) is 5.32 Å². The van der Waals surface area contributed by atoms with Gasteiger partial charge >= 0.3 is 7.82 Å². The van der Waals surface area contributed by atoms with Gasteiger partial charge < -0.3 is 19.8 Å². The molecule has 0 aromatic rings. The number of allylic oxidation sites excluding steroid dienone is 3. The fourth-order valence-electron chi connectivity index (χ4n) is 5.64. The first-order chi connectivity index (χ1) is 23.5. The second kappa shape index (κ2) is 32.9. The van der Waals surface area contributed by atoms with Crippen LogP contribution in [-0.2, 0) is 18.4 Å². The summed E-state index contributed by atoms with van der Waals surface area (Å²) < 4.78 is 23.4. The van der Waals surface area contributed by atoms with Crippen molar-refractivity contribution in [1.29, 1.82) is 0 Å². The zero-order valence-electron chi connectivity index (χ0n) is 32.7. The fourth-order valence-corrected chi connectivity index (χ4v) is 6.38. The zero-order valence-corrected chi connectivity index (χ0v) is 33.6. The summed E-state index contributed by atoms with van der Waals surface area (Å²) in [6.45, 7) is 4.76. The van der Waals surface area contributed by atoms with Crippen LogP contribution in [0.5, 0.6) is 0 Å². The van der Waals surface area contributed by atoms with E-state index in [4.69, 9.17) is 9.05 Å². The molecule has 0 aromatic carbocycles. The molecule has 0 saturated carbocycles. The first-order valence-electron chi connectivity index (χ1n) is 20.2. The van der Waals surface area contributed by atoms with E-state index < -0.39 is 20.0 Å². The summed E-state index contributed by atoms with van der Waals surface area (Å²) in [6.07, 6.45) is 36.7. The third-order valence-corrected chi connectivity index (χ3v) is 9.91. The second-order valence-corrected chi connectivity index (χ2v) is 16.5. The Morgan fingerprint density at radius 1 is 0.673 bits per heavy atom. The van der Waals surface area contributed by atoms with Crippen molar-refractivity contribution in [2.75, 3.05) is 40.9 Å². The maximum Gasteiger partial charge on any atom is 0.472 e. The molecule has 0 aliphatic carbocycles. The molecule has 49 heavy (non-hydrogen) atoms. The topological polar surface area (TPSA) is 105 Å². The number of phosphoric acid groups is 1. The Morgan fingerprint density at radius 2 is 1.12 bits per heavy atom. The molecular weight excluding hydrogens is 635 g/mol. The molecule has 0 radical (unpaired) electrons. The molecule has 1 unspecified atom stereocenters. The number of hydrogen-bond donors (Lipinski definition) is 3. The lowest BCUT2D eigenvalue weighted by Gasteiger charge is -2.25. The van der Waals surface area contributed by atoms with Crippen LogP contribution in [0.3, 0.4) is 0 Å². The van der Waals surface area contributed by atoms with Gasteiger partial charge in [0.15, 0.2) is 0 Å². The molecule has 8 nitrogen and oxygen atoms in total. The molecule has 0 saturated heterocycles. The largest absolute Gasteiger partial charge is 0.472 e. The van der Waals surface area contributed by atoms with Gasteiger partial charge in [-0.2, -0.15) is 0 Å². The number of carbonyl (C=O) groups is 1. The molecule has 1 amide bonds. The summed E-state index contributed by atoms with van der Waals surface area (Å²) in [5, 5.41) is 13.7. The van der Waals surface area contributed by atoms with Crippen LogP contribution < -0.4 is 5.32 Å². The van der Waals surface area contributed by atoms with E-state index in [-0.39, 0.29) is 19.1 Å². The van der Waals surface area contributed by atoms with Gasteiger partial charge in [0.25, 0.3) is 0 Å². The minimum Gasteiger partial charge on any atom is -0.387 e. The van der Waals surface area contributed by atoms with Gasteiger partial charge in [0.2, 0.25) is 5.91 Å². The Hall–Kier alpha value is -1.02. The van der Waals surface area contributed by atoms with Gasteiger partial charge in [-0.3, -0.25) is 13.8 Å². The number of nitrogens with zero attached hydrogens (tertiary/aromatic N) is 1. The number of quaternary nitrogens is 1. The highest BCUT2D eigenvalue weighted by Crippen LogP contribution is 2.43. The van der Waals surface area contributed by atoms with Crippen LogP contribution in [0.1, 0.15) is 174 Å². The Labute approximate surface area is 303 Å². The summed E-state index contributed by atoms with van der Waals surface area (Å²) in [5.41, 5.74) is 0. The second-order valence-electron chi connectivity index (χ2n) is 15.0. The van der Waals surface area contributed by atoms with Crippen molar-refractivity contribution in [3.05, 3.63) is 24.3 Å². The van der Waals surface area contributed by atoms with E-state index >= 15 is 0 Å². The lowest BCUT2D eigenvalue weighted by atomic mass is 10.1. The van der Waals surface area contributed by atoms with Crippen molar-refractivity contribution in [2.24, 2.45) is 0 Å². The lowest BCUT2D eigenvalue weighted by Crippen LogP contribution is -2.45. The number of unbranched alkanes of at least 4 members (excludes halogenated alkanes) is 21. The smallest absolute Gasteiger partial charge is 0.387 e. The highest BCUT2D eigenvalue weighted by atomic mass is 31.2. The number of carbonyl (C=O) groups excluding carboxylic acids is 1. The molecule has 0 spiro atoms. The molecule has 3 N–H and O–H groups in total. The molecule has 0 rings (SSSR count). The van der Waals surface area contributed by atoms with Crippen LogP contribution in [0.15, 0.2) is 24.3 Å². The number of aliphatic hydroxyl groups excluding tert-OH is 1. The number of aliphatic hydroxyl groups is 1. The third kappa shape index (κ3) is 35.2. The summed E-state index contributed by atoms with van der Waals surface area (Å²) in [6, 6.07) is -0.856. The molecule has 9 heteroatoms. The first kappa shape index (κ1) is 48.0. The Morgan fingerprint density at radius 3 is 1.63 bits per heavy atom. The van der Waals surface area contributed by atoms with Crippen molar-refractivity contribution >= 4 is 13.7 Å². The van der Waals surface area contributed by atoms with Crippen LogP contribution in [0.4, 0.5) is 0 Å². The minimum absolute atomic E-state index is 0.0578. The SMILES string of the molecule is CCCCCCCCCCCCC/C=C/CC/C=C/[C@H](O)[C@@H](COP(=O)(O)OCC[N+](C)(C)C)NC(=O)CCCCCCCCCCCC. The fraction of sp³-hybridized carbons (Fsp3) is 0.875. The van der Waals surface area contributed by atoms with Crippen LogP contribution in [-0.4, -0.2) is 73.4 Å². The Bertz CT molecular complexity index is 860.